The van der Waals surface area contributed by atoms with Gasteiger partial charge in [-0.05, 0) is 48.2 Å². The molecule has 2 N–H and O–H groups in total. The van der Waals surface area contributed by atoms with Crippen LogP contribution >= 0.6 is 11.6 Å². The molecule has 1 atom stereocenters. The lowest BCUT2D eigenvalue weighted by molar-refractivity contribution is -0.118. The number of hydrogen-bond donors (Lipinski definition) is 2. The summed E-state index contributed by atoms with van der Waals surface area (Å²) in [7, 11) is -5.07. The van der Waals surface area contributed by atoms with Crippen LogP contribution in [0.5, 0.6) is 0 Å². The monoisotopic (exact) mass is 580 g/mol. The molecular formula is C27H41ClN4O4SSi. The van der Waals surface area contributed by atoms with Gasteiger partial charge in [0.1, 0.15) is 5.82 Å². The number of carbonyl (C=O) groups excluding carboxylic acids is 1. The largest absolute Gasteiger partial charge is 0.415 e. The summed E-state index contributed by atoms with van der Waals surface area (Å²) in [6, 6.07) is 8.12. The molecule has 0 bridgehead atoms. The van der Waals surface area contributed by atoms with Gasteiger partial charge in [0, 0.05) is 12.8 Å². The quantitative estimate of drug-likeness (QED) is 0.200. The summed E-state index contributed by atoms with van der Waals surface area (Å²) < 4.78 is 30.3. The summed E-state index contributed by atoms with van der Waals surface area (Å²) in [5.41, 5.74) is 0.698. The molecule has 1 aromatic carbocycles. The Bertz CT molecular complexity index is 1160. The molecule has 1 saturated carbocycles. The van der Waals surface area contributed by atoms with Crippen LogP contribution in [0.1, 0.15) is 64.4 Å². The molecule has 1 heterocycles. The molecular weight excluding hydrogens is 540 g/mol. The van der Waals surface area contributed by atoms with Gasteiger partial charge in [0.15, 0.2) is 24.0 Å². The minimum atomic E-state index is -3.45. The van der Waals surface area contributed by atoms with Gasteiger partial charge < -0.3 is 15.1 Å². The zero-order valence-electron chi connectivity index (χ0n) is 22.9. The minimum Gasteiger partial charge on any atom is -0.415 e. The first-order chi connectivity index (χ1) is 18.1. The van der Waals surface area contributed by atoms with Crippen LogP contribution in [-0.4, -0.2) is 52.0 Å². The Hall–Kier alpha value is -2.01. The molecule has 1 amide bonds. The maximum absolute atomic E-state index is 13.4. The molecule has 3 rings (SSSR count). The predicted molar refractivity (Wildman–Crippen MR) is 156 cm³/mol. The number of rotatable bonds is 14. The van der Waals surface area contributed by atoms with E-state index in [9.17, 15) is 13.2 Å². The van der Waals surface area contributed by atoms with E-state index in [0.717, 1.165) is 50.1 Å². The number of hydrogen-bond acceptors (Lipinski definition) is 7. The lowest BCUT2D eigenvalue weighted by Crippen LogP contribution is -2.37. The van der Waals surface area contributed by atoms with E-state index >= 15 is 0 Å². The zero-order chi connectivity index (χ0) is 27.8. The zero-order valence-corrected chi connectivity index (χ0v) is 25.5. The molecule has 1 aromatic heterocycles. The molecule has 38 heavy (non-hydrogen) atoms. The Morgan fingerprint density at radius 1 is 1.11 bits per heavy atom. The fourth-order valence-electron chi connectivity index (χ4n) is 5.21. The number of carbonyl (C=O) groups is 1. The van der Waals surface area contributed by atoms with Crippen LogP contribution in [0.2, 0.25) is 23.2 Å². The molecule has 8 nitrogen and oxygen atoms in total. The van der Waals surface area contributed by atoms with E-state index in [4.69, 9.17) is 16.0 Å². The fraction of sp³-hybridized carbons (Fsp3) is 0.593. The van der Waals surface area contributed by atoms with Gasteiger partial charge in [-0.15, -0.1) is 0 Å². The number of aromatic nitrogens is 2. The van der Waals surface area contributed by atoms with Gasteiger partial charge in [-0.1, -0.05) is 64.1 Å². The van der Waals surface area contributed by atoms with E-state index in [-0.39, 0.29) is 15.8 Å². The summed E-state index contributed by atoms with van der Waals surface area (Å²) in [6.07, 6.45) is 9.43. The highest BCUT2D eigenvalue weighted by atomic mass is 35.5. The first-order valence-electron chi connectivity index (χ1n) is 13.6. The molecule has 0 spiro atoms. The predicted octanol–water partition coefficient (Wildman–Crippen LogP) is 6.27. The summed E-state index contributed by atoms with van der Waals surface area (Å²) in [4.78, 5) is 22.2. The average molecular weight is 581 g/mol. The number of nitrogens with zero attached hydrogens (tertiary/aromatic N) is 2. The van der Waals surface area contributed by atoms with E-state index < -0.39 is 24.1 Å². The van der Waals surface area contributed by atoms with Gasteiger partial charge in [0.2, 0.25) is 5.91 Å². The highest BCUT2D eigenvalue weighted by Gasteiger charge is 2.29. The maximum Gasteiger partial charge on any atom is 0.233 e. The molecule has 11 heteroatoms. The first-order valence-corrected chi connectivity index (χ1v) is 18.4. The maximum atomic E-state index is 13.4. The highest BCUT2D eigenvalue weighted by molar-refractivity contribution is 7.90. The van der Waals surface area contributed by atoms with E-state index in [2.05, 4.69) is 41.4 Å². The van der Waals surface area contributed by atoms with Crippen molar-refractivity contribution in [2.45, 2.75) is 81.8 Å². The SMILES string of the molecule is CC[Si](CC)(CC)OCCNc1cnc(NC(=O)[C@H](CC2CCCC2)c2ccc(S(C)(=O)=O)c(Cl)c2)cn1. The van der Waals surface area contributed by atoms with Crippen LogP contribution in [0.25, 0.3) is 0 Å². The van der Waals surface area contributed by atoms with Crippen molar-refractivity contribution in [3.8, 4) is 0 Å². The Morgan fingerprint density at radius 2 is 1.74 bits per heavy atom. The molecule has 1 aliphatic rings. The first kappa shape index (κ1) is 30.5. The molecule has 0 radical (unpaired) electrons. The van der Waals surface area contributed by atoms with Crippen molar-refractivity contribution >= 4 is 47.3 Å². The lowest BCUT2D eigenvalue weighted by atomic mass is 9.87. The highest BCUT2D eigenvalue weighted by Crippen LogP contribution is 2.36. The van der Waals surface area contributed by atoms with E-state index in [1.807, 2.05) is 0 Å². The third-order valence-corrected chi connectivity index (χ3v) is 14.0. The Morgan fingerprint density at radius 3 is 2.29 bits per heavy atom. The van der Waals surface area contributed by atoms with Gasteiger partial charge in [0.05, 0.1) is 34.8 Å². The second kappa shape index (κ2) is 13.9. The Balaban J connectivity index is 1.65. The van der Waals surface area contributed by atoms with Gasteiger partial charge in [-0.2, -0.15) is 0 Å². The Labute approximate surface area is 233 Å². The molecule has 0 aliphatic heterocycles. The third-order valence-electron chi connectivity index (χ3n) is 7.77. The molecule has 2 aromatic rings. The summed E-state index contributed by atoms with van der Waals surface area (Å²) in [5.74, 6) is 0.744. The molecule has 210 valence electrons. The van der Waals surface area contributed by atoms with Gasteiger partial charge in [-0.25, -0.2) is 18.4 Å². The van der Waals surface area contributed by atoms with Crippen molar-refractivity contribution in [1.82, 2.24) is 9.97 Å². The standard InChI is InChI=1S/C27H41ClN4O4SSi/c1-5-38(6-2,7-3)36-15-14-29-25-18-31-26(19-30-25)32-27(33)22(16-20-10-8-9-11-20)21-12-13-24(23(28)17-21)37(4,34)35/h12-13,17-20,22H,5-11,14-16H2,1-4H3,(H,29,30)(H,31,32,33)/t22-/m1/s1. The number of nitrogens with one attached hydrogen (secondary N) is 2. The summed E-state index contributed by atoms with van der Waals surface area (Å²) in [5, 5.41) is 6.26. The number of benzene rings is 1. The van der Waals surface area contributed by atoms with Gasteiger partial charge in [-0.3, -0.25) is 4.79 Å². The molecule has 0 unspecified atom stereocenters. The molecule has 1 aliphatic carbocycles. The smallest absolute Gasteiger partial charge is 0.233 e. The van der Waals surface area contributed by atoms with Gasteiger partial charge in [0.25, 0.3) is 0 Å². The van der Waals surface area contributed by atoms with Crippen molar-refractivity contribution in [3.63, 3.8) is 0 Å². The van der Waals surface area contributed by atoms with E-state index in [1.165, 1.54) is 12.3 Å². The van der Waals surface area contributed by atoms with Crippen molar-refractivity contribution in [2.75, 3.05) is 30.0 Å². The van der Waals surface area contributed by atoms with Crippen LogP contribution < -0.4 is 10.6 Å². The van der Waals surface area contributed by atoms with Crippen LogP contribution in [-0.2, 0) is 19.1 Å². The summed E-state index contributed by atoms with van der Waals surface area (Å²) >= 11 is 6.31. The number of amides is 1. The van der Waals surface area contributed by atoms with Crippen molar-refractivity contribution in [1.29, 1.82) is 0 Å². The second-order valence-electron chi connectivity index (χ2n) is 10.2. The minimum absolute atomic E-state index is 0.0643. The van der Waals surface area contributed by atoms with Crippen LogP contribution in [0.3, 0.4) is 0 Å². The van der Waals surface area contributed by atoms with Crippen molar-refractivity contribution in [2.24, 2.45) is 5.92 Å². The average Bonchev–Trinajstić information content (AvgIpc) is 3.41. The number of anilines is 2. The fourth-order valence-corrected chi connectivity index (χ4v) is 9.19. The normalized spacial score (nSPS) is 15.4. The van der Waals surface area contributed by atoms with Crippen LogP contribution in [0, 0.1) is 5.92 Å². The summed E-state index contributed by atoms with van der Waals surface area (Å²) in [6.45, 7) is 7.91. The number of halogens is 1. The van der Waals surface area contributed by atoms with Crippen molar-refractivity contribution in [3.05, 3.63) is 41.2 Å². The number of sulfone groups is 1. The Kier molecular flexibility index (Phi) is 11.1. The van der Waals surface area contributed by atoms with Crippen LogP contribution in [0.4, 0.5) is 11.6 Å². The van der Waals surface area contributed by atoms with E-state index in [0.29, 0.717) is 42.7 Å². The van der Waals surface area contributed by atoms with Crippen molar-refractivity contribution < 1.29 is 17.6 Å². The second-order valence-corrected chi connectivity index (χ2v) is 17.4. The van der Waals surface area contributed by atoms with E-state index in [1.54, 1.807) is 18.3 Å². The molecule has 1 fully saturated rings. The van der Waals surface area contributed by atoms with Crippen LogP contribution in [0.15, 0.2) is 35.5 Å². The van der Waals surface area contributed by atoms with Gasteiger partial charge >= 0.3 is 0 Å². The molecule has 0 saturated heterocycles. The third kappa shape index (κ3) is 8.24. The topological polar surface area (TPSA) is 110 Å². The lowest BCUT2D eigenvalue weighted by Gasteiger charge is -2.28.